The van der Waals surface area contributed by atoms with Crippen LogP contribution in [0.1, 0.15) is 31.4 Å². The van der Waals surface area contributed by atoms with Gasteiger partial charge in [0.2, 0.25) is 0 Å². The maximum Gasteiger partial charge on any atom is 0.180 e. The zero-order valence-corrected chi connectivity index (χ0v) is 15.8. The molecule has 3 nitrogen and oxygen atoms in total. The Bertz CT molecular complexity index is 744. The molecule has 0 aliphatic rings. The van der Waals surface area contributed by atoms with E-state index in [1.54, 1.807) is 19.4 Å². The molecule has 2 rings (SSSR count). The lowest BCUT2D eigenvalue weighted by atomic mass is 10.2. The van der Waals surface area contributed by atoms with Gasteiger partial charge in [0.15, 0.2) is 11.5 Å². The van der Waals surface area contributed by atoms with Crippen molar-refractivity contribution in [2.45, 2.75) is 33.3 Å². The Hall–Kier alpha value is -1.71. The maximum absolute atomic E-state index is 6.35. The normalized spacial score (nSPS) is 12.4. The Morgan fingerprint density at radius 1 is 1.17 bits per heavy atom. The Labute approximate surface area is 153 Å². The molecule has 1 atom stereocenters. The van der Waals surface area contributed by atoms with Crippen LogP contribution in [-0.2, 0) is 0 Å². The summed E-state index contributed by atoms with van der Waals surface area (Å²) in [5.74, 6) is 1.15. The lowest BCUT2D eigenvalue weighted by molar-refractivity contribution is 0.208. The third-order valence-electron chi connectivity index (χ3n) is 3.66. The molecule has 128 valence electrons. The molecule has 0 spiro atoms. The van der Waals surface area contributed by atoms with Gasteiger partial charge in [0.05, 0.1) is 23.9 Å². The van der Waals surface area contributed by atoms with Crippen molar-refractivity contribution in [1.29, 1.82) is 0 Å². The van der Waals surface area contributed by atoms with Crippen molar-refractivity contribution in [3.05, 3.63) is 51.5 Å². The van der Waals surface area contributed by atoms with Gasteiger partial charge < -0.3 is 9.47 Å². The molecule has 0 unspecified atom stereocenters. The summed E-state index contributed by atoms with van der Waals surface area (Å²) in [5, 5.41) is 1.19. The molecule has 0 saturated carbocycles. The molecule has 2 aromatic carbocycles. The first-order chi connectivity index (χ1) is 11.4. The van der Waals surface area contributed by atoms with E-state index in [1.807, 2.05) is 38.1 Å². The van der Waals surface area contributed by atoms with Crippen molar-refractivity contribution < 1.29 is 9.47 Å². The number of ether oxygens (including phenoxy) is 2. The fraction of sp³-hybridized carbons (Fsp3) is 0.316. The highest BCUT2D eigenvalue weighted by Gasteiger charge is 2.14. The molecule has 5 heteroatoms. The molecular weight excluding hydrogens is 345 g/mol. The number of hydrogen-bond donors (Lipinski definition) is 0. The molecule has 0 saturated heterocycles. The van der Waals surface area contributed by atoms with Crippen LogP contribution >= 0.6 is 23.2 Å². The SMILES string of the molecule is CC[C@@H](C)Oc1c(Cl)cc(C=Nc2ccc(C)c(Cl)c2)cc1OC. The first-order valence-corrected chi connectivity index (χ1v) is 8.54. The first kappa shape index (κ1) is 18.6. The molecular formula is C19H21Cl2NO2. The summed E-state index contributed by atoms with van der Waals surface area (Å²) < 4.78 is 11.3. The van der Waals surface area contributed by atoms with Crippen LogP contribution in [0.15, 0.2) is 35.3 Å². The second kappa shape index (κ2) is 8.41. The van der Waals surface area contributed by atoms with Gasteiger partial charge in [0.1, 0.15) is 0 Å². The van der Waals surface area contributed by atoms with Crippen LogP contribution in [0.2, 0.25) is 10.0 Å². The van der Waals surface area contributed by atoms with Crippen molar-refractivity contribution in [3.8, 4) is 11.5 Å². The minimum absolute atomic E-state index is 0.0608. The first-order valence-electron chi connectivity index (χ1n) is 7.79. The number of halogens is 2. The molecule has 0 N–H and O–H groups in total. The van der Waals surface area contributed by atoms with Crippen LogP contribution < -0.4 is 9.47 Å². The Morgan fingerprint density at radius 3 is 2.54 bits per heavy atom. The quantitative estimate of drug-likeness (QED) is 0.567. The van der Waals surface area contributed by atoms with E-state index < -0.39 is 0 Å². The number of methoxy groups -OCH3 is 1. The smallest absolute Gasteiger partial charge is 0.180 e. The van der Waals surface area contributed by atoms with E-state index in [4.69, 9.17) is 32.7 Å². The number of nitrogens with zero attached hydrogens (tertiary/aromatic N) is 1. The lowest BCUT2D eigenvalue weighted by Crippen LogP contribution is -2.11. The van der Waals surface area contributed by atoms with Crippen molar-refractivity contribution in [2.24, 2.45) is 4.99 Å². The van der Waals surface area contributed by atoms with Crippen molar-refractivity contribution >= 4 is 35.1 Å². The summed E-state index contributed by atoms with van der Waals surface area (Å²) in [6.07, 6.45) is 2.67. The largest absolute Gasteiger partial charge is 0.493 e. The zero-order valence-electron chi connectivity index (χ0n) is 14.3. The highest BCUT2D eigenvalue weighted by Crippen LogP contribution is 2.37. The molecule has 0 amide bonds. The van der Waals surface area contributed by atoms with Gasteiger partial charge in [0, 0.05) is 11.2 Å². The van der Waals surface area contributed by atoms with E-state index in [9.17, 15) is 0 Å². The minimum Gasteiger partial charge on any atom is -0.493 e. The van der Waals surface area contributed by atoms with E-state index in [-0.39, 0.29) is 6.10 Å². The monoisotopic (exact) mass is 365 g/mol. The average molecular weight is 366 g/mol. The molecule has 0 aliphatic heterocycles. The number of rotatable bonds is 6. The van der Waals surface area contributed by atoms with E-state index in [2.05, 4.69) is 11.9 Å². The molecule has 0 bridgehead atoms. The van der Waals surface area contributed by atoms with Crippen LogP contribution in [0.5, 0.6) is 11.5 Å². The van der Waals surface area contributed by atoms with Gasteiger partial charge in [-0.05, 0) is 55.7 Å². The summed E-state index contributed by atoms with van der Waals surface area (Å²) in [7, 11) is 1.59. The van der Waals surface area contributed by atoms with E-state index in [0.29, 0.717) is 21.5 Å². The second-order valence-electron chi connectivity index (χ2n) is 5.56. The standard InChI is InChI=1S/C19H21Cl2NO2/c1-5-13(3)24-19-17(21)8-14(9-18(19)23-4)11-22-15-7-6-12(2)16(20)10-15/h6-11,13H,5H2,1-4H3/t13-/m1/s1. The fourth-order valence-electron chi connectivity index (χ4n) is 2.02. The second-order valence-corrected chi connectivity index (χ2v) is 6.38. The van der Waals surface area contributed by atoms with Gasteiger partial charge in [-0.2, -0.15) is 0 Å². The molecule has 24 heavy (non-hydrogen) atoms. The number of hydrogen-bond acceptors (Lipinski definition) is 3. The predicted octanol–water partition coefficient (Wildman–Crippen LogP) is 6.24. The van der Waals surface area contributed by atoms with Gasteiger partial charge in [-0.1, -0.05) is 36.2 Å². The molecule has 0 fully saturated rings. The third kappa shape index (κ3) is 4.65. The van der Waals surface area contributed by atoms with E-state index in [0.717, 1.165) is 23.2 Å². The summed E-state index contributed by atoms with van der Waals surface area (Å²) in [5.41, 5.74) is 2.62. The van der Waals surface area contributed by atoms with Crippen LogP contribution in [-0.4, -0.2) is 19.4 Å². The van der Waals surface area contributed by atoms with Crippen molar-refractivity contribution in [1.82, 2.24) is 0 Å². The molecule has 0 aromatic heterocycles. The lowest BCUT2D eigenvalue weighted by Gasteiger charge is -2.17. The average Bonchev–Trinajstić information content (AvgIpc) is 2.57. The van der Waals surface area contributed by atoms with Gasteiger partial charge >= 0.3 is 0 Å². The maximum atomic E-state index is 6.35. The fourth-order valence-corrected chi connectivity index (χ4v) is 2.46. The Morgan fingerprint density at radius 2 is 1.92 bits per heavy atom. The molecule has 0 heterocycles. The predicted molar refractivity (Wildman–Crippen MR) is 102 cm³/mol. The summed E-state index contributed by atoms with van der Waals surface area (Å²) in [6, 6.07) is 9.33. The van der Waals surface area contributed by atoms with Gasteiger partial charge in [-0.15, -0.1) is 0 Å². The summed E-state index contributed by atoms with van der Waals surface area (Å²) in [4.78, 5) is 4.44. The summed E-state index contributed by atoms with van der Waals surface area (Å²) >= 11 is 12.5. The van der Waals surface area contributed by atoms with Gasteiger partial charge in [0.25, 0.3) is 0 Å². The highest BCUT2D eigenvalue weighted by molar-refractivity contribution is 6.32. The molecule has 2 aromatic rings. The van der Waals surface area contributed by atoms with Gasteiger partial charge in [-0.3, -0.25) is 4.99 Å². The van der Waals surface area contributed by atoms with Gasteiger partial charge in [-0.25, -0.2) is 0 Å². The van der Waals surface area contributed by atoms with E-state index in [1.165, 1.54) is 0 Å². The third-order valence-corrected chi connectivity index (χ3v) is 4.35. The van der Waals surface area contributed by atoms with Crippen LogP contribution in [0, 0.1) is 6.92 Å². The number of aryl methyl sites for hydroxylation is 1. The van der Waals surface area contributed by atoms with Crippen LogP contribution in [0.4, 0.5) is 5.69 Å². The zero-order chi connectivity index (χ0) is 17.7. The van der Waals surface area contributed by atoms with Crippen molar-refractivity contribution in [3.63, 3.8) is 0 Å². The Kier molecular flexibility index (Phi) is 6.52. The molecule has 0 aliphatic carbocycles. The number of benzene rings is 2. The van der Waals surface area contributed by atoms with Crippen LogP contribution in [0.25, 0.3) is 0 Å². The van der Waals surface area contributed by atoms with Crippen LogP contribution in [0.3, 0.4) is 0 Å². The highest BCUT2D eigenvalue weighted by atomic mass is 35.5. The Balaban J connectivity index is 2.29. The molecule has 0 radical (unpaired) electrons. The topological polar surface area (TPSA) is 30.8 Å². The minimum atomic E-state index is 0.0608. The number of aliphatic imine (C=N–C) groups is 1. The van der Waals surface area contributed by atoms with Crippen molar-refractivity contribution in [2.75, 3.05) is 7.11 Å². The van der Waals surface area contributed by atoms with E-state index >= 15 is 0 Å². The summed E-state index contributed by atoms with van der Waals surface area (Å²) in [6.45, 7) is 6.00.